The van der Waals surface area contributed by atoms with Gasteiger partial charge < -0.3 is 55.4 Å². The van der Waals surface area contributed by atoms with E-state index in [-0.39, 0.29) is 77.0 Å². The summed E-state index contributed by atoms with van der Waals surface area (Å²) in [7, 11) is -7.25. The molecule has 0 radical (unpaired) electrons. The summed E-state index contributed by atoms with van der Waals surface area (Å²) < 4.78 is 61.9. The highest BCUT2D eigenvalue weighted by Crippen LogP contribution is 2.39. The number of nitrogens with two attached hydrogens (primary N) is 1. The third-order valence-corrected chi connectivity index (χ3v) is 17.2. The molecule has 0 bridgehead atoms. The Morgan fingerprint density at radius 1 is 0.616 bits per heavy atom. The Kier molecular flexibility index (Phi) is 17.8. The Balaban J connectivity index is 0.000000191. The number of β-amino-alcohol motifs (C(OH)–C–C–N with tert-alkyl or cyclic N) is 2. The molecule has 10 heterocycles. The number of amides is 3. The van der Waals surface area contributed by atoms with E-state index >= 15 is 0 Å². The number of hydrogen-bond acceptors (Lipinski definition) is 19. The summed E-state index contributed by atoms with van der Waals surface area (Å²) in [5.41, 5.74) is 8.78. The maximum atomic E-state index is 14.0. The highest BCUT2D eigenvalue weighted by atomic mass is 35.5. The van der Waals surface area contributed by atoms with E-state index in [1.54, 1.807) is 24.9 Å². The summed E-state index contributed by atoms with van der Waals surface area (Å²) in [4.78, 5) is 61.6. The third kappa shape index (κ3) is 13.9. The number of piperidine rings is 2. The number of nitrogens with one attached hydrogen (secondary N) is 3. The molecule has 0 unspecified atom stereocenters. The fraction of sp³-hybridized carbons (Fsp3) is 0.509. The number of hydrogen-bond donors (Lipinski definition) is 6. The monoisotopic (exact) mass is 1280 g/mol. The lowest BCUT2D eigenvalue weighted by molar-refractivity contribution is 0.0494. The molecule has 31 heteroatoms. The minimum absolute atomic E-state index is 0. The van der Waals surface area contributed by atoms with Crippen molar-refractivity contribution in [2.75, 3.05) is 107 Å². The van der Waals surface area contributed by atoms with Crippen LogP contribution in [0.3, 0.4) is 0 Å². The summed E-state index contributed by atoms with van der Waals surface area (Å²) in [5, 5.41) is 33.2. The van der Waals surface area contributed by atoms with Crippen molar-refractivity contribution >= 4 is 120 Å². The number of rotatable bonds is 13. The number of likely N-dealkylation sites (tertiary alicyclic amines) is 2. The van der Waals surface area contributed by atoms with E-state index < -0.39 is 37.8 Å². The molecule has 6 aromatic rings. The zero-order valence-corrected chi connectivity index (χ0v) is 52.1. The Hall–Kier alpha value is -6.66. The molecule has 0 aliphatic carbocycles. The molecule has 2 atom stereocenters. The summed E-state index contributed by atoms with van der Waals surface area (Å²) in [6, 6.07) is 16.0. The molecule has 26 nitrogen and oxygen atoms in total. The normalized spacial score (nSPS) is 19.8. The number of ether oxygens (including phenoxy) is 1. The van der Waals surface area contributed by atoms with Gasteiger partial charge in [-0.15, -0.1) is 12.4 Å². The van der Waals surface area contributed by atoms with Gasteiger partial charge in [0.1, 0.15) is 28.9 Å². The first-order chi connectivity index (χ1) is 40.2. The number of nitrogens with zero attached hydrogens (tertiary/aromatic N) is 12. The van der Waals surface area contributed by atoms with Crippen LogP contribution < -0.4 is 40.1 Å². The van der Waals surface area contributed by atoms with E-state index in [1.807, 2.05) is 54.8 Å². The van der Waals surface area contributed by atoms with E-state index in [0.717, 1.165) is 55.6 Å². The van der Waals surface area contributed by atoms with Crippen LogP contribution in [-0.4, -0.2) is 192 Å². The van der Waals surface area contributed by atoms with Gasteiger partial charge in [0.05, 0.1) is 76.7 Å². The Morgan fingerprint density at radius 3 is 1.42 bits per heavy atom. The number of aliphatic hydroxyl groups excluding tert-OH is 2. The minimum atomic E-state index is -3.64. The van der Waals surface area contributed by atoms with Crippen molar-refractivity contribution in [3.05, 3.63) is 93.2 Å². The lowest BCUT2D eigenvalue weighted by atomic mass is 9.98. The first-order valence-electron chi connectivity index (χ1n) is 28.3. The van der Waals surface area contributed by atoms with Gasteiger partial charge >= 0.3 is 6.09 Å². The molecule has 0 saturated carbocycles. The highest BCUT2D eigenvalue weighted by molar-refractivity contribution is 7.92. The number of sulfonamides is 2. The largest absolute Gasteiger partial charge is 0.444 e. The van der Waals surface area contributed by atoms with Gasteiger partial charge in [-0.3, -0.25) is 19.0 Å². The Bertz CT molecular complexity index is 3790. The van der Waals surface area contributed by atoms with Gasteiger partial charge in [0.15, 0.2) is 11.3 Å². The Morgan fingerprint density at radius 2 is 1.03 bits per heavy atom. The lowest BCUT2D eigenvalue weighted by Gasteiger charge is -2.42. The third-order valence-electron chi connectivity index (χ3n) is 15.6. The maximum absolute atomic E-state index is 14.0. The summed E-state index contributed by atoms with van der Waals surface area (Å²) in [6.07, 6.45) is 5.62. The van der Waals surface area contributed by atoms with Gasteiger partial charge in [-0.25, -0.2) is 31.6 Å². The zero-order chi connectivity index (χ0) is 60.4. The van der Waals surface area contributed by atoms with Crippen LogP contribution in [-0.2, 0) is 24.8 Å². The smallest absolute Gasteiger partial charge is 0.407 e. The molecule has 2 aromatic carbocycles. The average Bonchev–Trinajstić information content (AvgIpc) is 1.70. The van der Waals surface area contributed by atoms with Gasteiger partial charge in [-0.1, -0.05) is 23.2 Å². The molecule has 86 heavy (non-hydrogen) atoms. The number of alkyl carbamates (subject to hydrolysis) is 1. The van der Waals surface area contributed by atoms with Gasteiger partial charge in [-0.05, 0) is 95.7 Å². The second-order valence-corrected chi connectivity index (χ2v) is 28.2. The van der Waals surface area contributed by atoms with E-state index in [1.165, 1.54) is 30.3 Å². The second-order valence-electron chi connectivity index (χ2n) is 23.8. The number of aliphatic hydroxyl groups is 2. The maximum Gasteiger partial charge on any atom is 0.407 e. The van der Waals surface area contributed by atoms with Crippen molar-refractivity contribution in [3.63, 3.8) is 0 Å². The topological polar surface area (TPSA) is 311 Å². The summed E-state index contributed by atoms with van der Waals surface area (Å²) in [6.45, 7) is 10.9. The molecule has 464 valence electrons. The SMILES string of the molecule is CC(C)(C)OC(=O)NC1CN(c2cc(N3CC(O)C3)nc3cc([C@@H]4CCCCN4C(=O)c4cc(Cl)ccc4NS(C)(=O)=O)nn23)C1.CS(=O)(=O)Nc1ccc(Cl)cc1C(=O)N1CCCC[C@H]1c1cc2nc(N3CC(O)C3)cc(N3CC(N)C3)n2n1.Cl. The van der Waals surface area contributed by atoms with Crippen molar-refractivity contribution in [3.8, 4) is 0 Å². The first kappa shape index (κ1) is 62.4. The number of carbonyl (C=O) groups is 3. The molecule has 6 aliphatic heterocycles. The molecular weight excluding hydrogens is 1220 g/mol. The van der Waals surface area contributed by atoms with Crippen LogP contribution >= 0.6 is 35.6 Å². The number of benzene rings is 2. The number of carbonyl (C=O) groups excluding carboxylic acids is 3. The summed E-state index contributed by atoms with van der Waals surface area (Å²) in [5.74, 6) is 2.45. The van der Waals surface area contributed by atoms with Crippen molar-refractivity contribution in [2.45, 2.75) is 101 Å². The first-order valence-corrected chi connectivity index (χ1v) is 32.8. The number of aromatic nitrogens is 6. The van der Waals surface area contributed by atoms with E-state index in [0.29, 0.717) is 117 Å². The van der Waals surface area contributed by atoms with E-state index in [9.17, 15) is 41.4 Å². The van der Waals surface area contributed by atoms with Crippen molar-refractivity contribution in [1.29, 1.82) is 0 Å². The molecule has 6 aliphatic rings. The quantitative estimate of drug-likeness (QED) is 0.0897. The molecule has 3 amide bonds. The van der Waals surface area contributed by atoms with Crippen LogP contribution in [0.15, 0.2) is 60.7 Å². The van der Waals surface area contributed by atoms with Gasteiger partial charge in [0.2, 0.25) is 20.0 Å². The van der Waals surface area contributed by atoms with Gasteiger partial charge in [0, 0.05) is 106 Å². The standard InChI is InChI=1S/C30H39ClN8O6S.C25H31ClN8O4S.ClH/c1-30(2,3)45-29(42)32-19-14-37(15-19)27-13-25(36-16-20(40)17-36)33-26-12-23(34-39(26)27)24-7-5-6-10-38(24)28(41)21-11-18(31)8-9-22(21)35-46(4,43)44;1-39(37,38)30-19-6-5-15(26)8-18(19)25(36)33-7-3-2-4-21(33)20-9-23-28-22(31-13-17(35)14-31)10-24(34(23)29-20)32-11-16(27)12-32;/h8-9,11-13,19-20,24,35,40H,5-7,10,14-17H2,1-4H3,(H,32,42);5-6,8-10,16-17,21,30,35H,2-4,7,11-14,27H2,1H3;1H/t24-;21-;/m00./s1. The molecule has 12 rings (SSSR count). The van der Waals surface area contributed by atoms with Crippen LogP contribution in [0.4, 0.5) is 39.4 Å². The van der Waals surface area contributed by atoms with Crippen LogP contribution in [0.2, 0.25) is 10.0 Å². The molecule has 6 saturated heterocycles. The number of halogens is 3. The van der Waals surface area contributed by atoms with Crippen molar-refractivity contribution in [1.82, 2.24) is 44.3 Å². The average molecular weight is 1290 g/mol. The predicted octanol–water partition coefficient (Wildman–Crippen LogP) is 4.89. The molecule has 6 fully saturated rings. The molecule has 0 spiro atoms. The van der Waals surface area contributed by atoms with E-state index in [4.69, 9.17) is 53.8 Å². The van der Waals surface area contributed by atoms with Crippen LogP contribution in [0.25, 0.3) is 11.3 Å². The second kappa shape index (κ2) is 24.5. The van der Waals surface area contributed by atoms with Gasteiger partial charge in [0.25, 0.3) is 11.8 Å². The van der Waals surface area contributed by atoms with Crippen molar-refractivity contribution in [2.24, 2.45) is 5.73 Å². The molecule has 4 aromatic heterocycles. The zero-order valence-electron chi connectivity index (χ0n) is 48.1. The molecular formula is C55H71Cl3N16O10S2. The van der Waals surface area contributed by atoms with Crippen LogP contribution in [0, 0.1) is 0 Å². The highest BCUT2D eigenvalue weighted by Gasteiger charge is 2.38. The number of fused-ring (bicyclic) bond motifs is 2. The fourth-order valence-corrected chi connectivity index (χ4v) is 13.0. The Labute approximate surface area is 514 Å². The number of anilines is 6. The predicted molar refractivity (Wildman–Crippen MR) is 330 cm³/mol. The minimum Gasteiger partial charge on any atom is -0.444 e. The van der Waals surface area contributed by atoms with E-state index in [2.05, 4.69) is 24.6 Å². The van der Waals surface area contributed by atoms with Gasteiger partial charge in [-0.2, -0.15) is 19.2 Å². The fourth-order valence-electron chi connectivity index (χ4n) is 11.5. The lowest BCUT2D eigenvalue weighted by Crippen LogP contribution is -2.60. The molecule has 7 N–H and O–H groups in total. The van der Waals surface area contributed by atoms with Crippen LogP contribution in [0.1, 0.15) is 103 Å². The van der Waals surface area contributed by atoms with Crippen molar-refractivity contribution < 1.29 is 46.2 Å². The van der Waals surface area contributed by atoms with Crippen LogP contribution in [0.5, 0.6) is 0 Å². The summed E-state index contributed by atoms with van der Waals surface area (Å²) >= 11 is 12.5.